The average molecular weight is 374 g/mol. The van der Waals surface area contributed by atoms with Crippen LogP contribution in [-0.4, -0.2) is 63.9 Å². The second-order valence-corrected chi connectivity index (χ2v) is 7.85. The molecule has 0 spiro atoms. The molecule has 3 amide bonds. The lowest BCUT2D eigenvalue weighted by atomic mass is 9.95. The Morgan fingerprint density at radius 2 is 2.15 bits per heavy atom. The summed E-state index contributed by atoms with van der Waals surface area (Å²) in [4.78, 5) is 40.8. The SMILES string of the molecule is CCCc1cc(C(=O)N[C@@H]2C[C@@H]3CC[C@H]2N3C(=O)[C@H]2CCC(=O)N2C)no1. The topological polar surface area (TPSA) is 95.8 Å². The van der Waals surface area contributed by atoms with E-state index in [0.29, 0.717) is 24.3 Å². The number of hydrogen-bond donors (Lipinski definition) is 1. The van der Waals surface area contributed by atoms with Crippen molar-refractivity contribution < 1.29 is 18.9 Å². The Morgan fingerprint density at radius 1 is 1.33 bits per heavy atom. The molecule has 4 atom stereocenters. The first kappa shape index (κ1) is 18.0. The van der Waals surface area contributed by atoms with Crippen molar-refractivity contribution in [3.63, 3.8) is 0 Å². The fourth-order valence-electron chi connectivity index (χ4n) is 4.78. The molecular weight excluding hydrogens is 348 g/mol. The van der Waals surface area contributed by atoms with Gasteiger partial charge in [-0.15, -0.1) is 0 Å². The number of rotatable bonds is 5. The van der Waals surface area contributed by atoms with Crippen LogP contribution >= 0.6 is 0 Å². The fourth-order valence-corrected chi connectivity index (χ4v) is 4.78. The predicted octanol–water partition coefficient (Wildman–Crippen LogP) is 1.11. The van der Waals surface area contributed by atoms with Gasteiger partial charge in [0.2, 0.25) is 11.8 Å². The Balaban J connectivity index is 1.42. The van der Waals surface area contributed by atoms with Crippen LogP contribution in [0.5, 0.6) is 0 Å². The smallest absolute Gasteiger partial charge is 0.273 e. The number of nitrogens with one attached hydrogen (secondary N) is 1. The van der Waals surface area contributed by atoms with Gasteiger partial charge in [-0.3, -0.25) is 14.4 Å². The maximum absolute atomic E-state index is 13.0. The molecule has 3 aliphatic heterocycles. The van der Waals surface area contributed by atoms with E-state index in [1.807, 2.05) is 11.8 Å². The molecule has 0 saturated carbocycles. The molecule has 4 heterocycles. The lowest BCUT2D eigenvalue weighted by Crippen LogP contribution is -2.50. The van der Waals surface area contributed by atoms with E-state index in [1.54, 1.807) is 18.0 Å². The van der Waals surface area contributed by atoms with Crippen LogP contribution in [0.3, 0.4) is 0 Å². The summed E-state index contributed by atoms with van der Waals surface area (Å²) in [7, 11) is 1.70. The standard InChI is InChI=1S/C19H26N4O4/c1-3-4-12-10-14(21-27-12)18(25)20-13-9-11-5-6-15(13)23(11)19(26)16-7-8-17(24)22(16)2/h10-11,13,15-16H,3-9H2,1-2H3,(H,20,25)/t11-,13+,15+,16+/m0/s1. The zero-order valence-corrected chi connectivity index (χ0v) is 15.8. The summed E-state index contributed by atoms with van der Waals surface area (Å²) in [6.07, 6.45) is 5.29. The van der Waals surface area contributed by atoms with Crippen LogP contribution in [0.2, 0.25) is 0 Å². The highest BCUT2D eigenvalue weighted by atomic mass is 16.5. The van der Waals surface area contributed by atoms with Crippen LogP contribution in [0.15, 0.2) is 10.6 Å². The first-order valence-electron chi connectivity index (χ1n) is 9.84. The molecule has 3 fully saturated rings. The number of aryl methyl sites for hydroxylation is 1. The number of nitrogens with zero attached hydrogens (tertiary/aromatic N) is 3. The van der Waals surface area contributed by atoms with Crippen molar-refractivity contribution in [3.8, 4) is 0 Å². The monoisotopic (exact) mass is 374 g/mol. The van der Waals surface area contributed by atoms with Crippen molar-refractivity contribution >= 4 is 17.7 Å². The molecule has 0 radical (unpaired) electrons. The summed E-state index contributed by atoms with van der Waals surface area (Å²) in [6, 6.07) is 1.40. The predicted molar refractivity (Wildman–Crippen MR) is 95.8 cm³/mol. The molecule has 1 aromatic heterocycles. The third-order valence-corrected chi connectivity index (χ3v) is 6.17. The van der Waals surface area contributed by atoms with E-state index in [0.717, 1.165) is 32.1 Å². The van der Waals surface area contributed by atoms with Gasteiger partial charge in [-0.2, -0.15) is 0 Å². The Hall–Kier alpha value is -2.38. The van der Waals surface area contributed by atoms with E-state index >= 15 is 0 Å². The molecule has 0 unspecified atom stereocenters. The molecule has 2 bridgehead atoms. The quantitative estimate of drug-likeness (QED) is 0.833. The van der Waals surface area contributed by atoms with Crippen LogP contribution in [0.1, 0.15) is 61.7 Å². The molecular formula is C19H26N4O4. The minimum absolute atomic E-state index is 0.00225. The highest BCUT2D eigenvalue weighted by molar-refractivity contribution is 5.93. The van der Waals surface area contributed by atoms with Gasteiger partial charge in [0.15, 0.2) is 5.69 Å². The normalized spacial score (nSPS) is 29.6. The minimum atomic E-state index is -0.359. The van der Waals surface area contributed by atoms with Crippen LogP contribution in [0.4, 0.5) is 0 Å². The molecule has 27 heavy (non-hydrogen) atoms. The first-order chi connectivity index (χ1) is 13.0. The van der Waals surface area contributed by atoms with E-state index in [-0.39, 0.29) is 41.9 Å². The molecule has 8 nitrogen and oxygen atoms in total. The minimum Gasteiger partial charge on any atom is -0.361 e. The Kier molecular flexibility index (Phi) is 4.65. The summed E-state index contributed by atoms with van der Waals surface area (Å²) in [5.74, 6) is 0.512. The van der Waals surface area contributed by atoms with Gasteiger partial charge in [0.1, 0.15) is 11.8 Å². The zero-order chi connectivity index (χ0) is 19.1. The van der Waals surface area contributed by atoms with Gasteiger partial charge in [-0.05, 0) is 32.1 Å². The summed E-state index contributed by atoms with van der Waals surface area (Å²) in [5, 5.41) is 6.90. The number of aromatic nitrogens is 1. The van der Waals surface area contributed by atoms with E-state index in [1.165, 1.54) is 0 Å². The summed E-state index contributed by atoms with van der Waals surface area (Å²) in [6.45, 7) is 2.04. The maximum Gasteiger partial charge on any atom is 0.273 e. The van der Waals surface area contributed by atoms with Gasteiger partial charge >= 0.3 is 0 Å². The molecule has 0 aliphatic carbocycles. The van der Waals surface area contributed by atoms with Crippen LogP contribution in [0, 0.1) is 0 Å². The lowest BCUT2D eigenvalue weighted by Gasteiger charge is -2.29. The summed E-state index contributed by atoms with van der Waals surface area (Å²) in [5.41, 5.74) is 0.292. The number of fused-ring (bicyclic) bond motifs is 2. The average Bonchev–Trinajstić information content (AvgIpc) is 3.40. The number of hydrogen-bond acceptors (Lipinski definition) is 5. The van der Waals surface area contributed by atoms with Crippen LogP contribution < -0.4 is 5.32 Å². The van der Waals surface area contributed by atoms with E-state index in [9.17, 15) is 14.4 Å². The fraction of sp³-hybridized carbons (Fsp3) is 0.684. The first-order valence-corrected chi connectivity index (χ1v) is 9.84. The Morgan fingerprint density at radius 3 is 2.85 bits per heavy atom. The molecule has 146 valence electrons. The molecule has 4 rings (SSSR count). The number of likely N-dealkylation sites (tertiary alicyclic amines) is 1. The van der Waals surface area contributed by atoms with Gasteiger partial charge in [-0.25, -0.2) is 0 Å². The molecule has 1 N–H and O–H groups in total. The van der Waals surface area contributed by atoms with Crippen molar-refractivity contribution in [1.82, 2.24) is 20.3 Å². The molecule has 3 aliphatic rings. The lowest BCUT2D eigenvalue weighted by molar-refractivity contribution is -0.141. The van der Waals surface area contributed by atoms with Gasteiger partial charge in [-0.1, -0.05) is 12.1 Å². The van der Waals surface area contributed by atoms with Gasteiger partial charge in [0, 0.05) is 32.0 Å². The van der Waals surface area contributed by atoms with Crippen molar-refractivity contribution in [2.24, 2.45) is 0 Å². The molecule has 0 aromatic carbocycles. The van der Waals surface area contributed by atoms with Crippen molar-refractivity contribution in [3.05, 3.63) is 17.5 Å². The highest BCUT2D eigenvalue weighted by Gasteiger charge is 2.51. The van der Waals surface area contributed by atoms with Crippen molar-refractivity contribution in [2.75, 3.05) is 7.05 Å². The Bertz CT molecular complexity index is 761. The van der Waals surface area contributed by atoms with Crippen LogP contribution in [0.25, 0.3) is 0 Å². The maximum atomic E-state index is 13.0. The van der Waals surface area contributed by atoms with E-state index in [4.69, 9.17) is 4.52 Å². The largest absolute Gasteiger partial charge is 0.361 e. The van der Waals surface area contributed by atoms with Gasteiger partial charge < -0.3 is 19.6 Å². The van der Waals surface area contributed by atoms with Crippen molar-refractivity contribution in [1.29, 1.82) is 0 Å². The second kappa shape index (κ2) is 6.98. The van der Waals surface area contributed by atoms with Gasteiger partial charge in [0.25, 0.3) is 5.91 Å². The van der Waals surface area contributed by atoms with Gasteiger partial charge in [0.05, 0.1) is 12.1 Å². The number of carbonyl (C=O) groups excluding carboxylic acids is 3. The summed E-state index contributed by atoms with van der Waals surface area (Å²) < 4.78 is 5.19. The third kappa shape index (κ3) is 3.11. The third-order valence-electron chi connectivity index (χ3n) is 6.17. The molecule has 8 heteroatoms. The highest BCUT2D eigenvalue weighted by Crippen LogP contribution is 2.39. The Labute approximate surface area is 158 Å². The zero-order valence-electron chi connectivity index (χ0n) is 15.8. The van der Waals surface area contributed by atoms with Crippen molar-refractivity contribution in [2.45, 2.75) is 76.0 Å². The molecule has 3 saturated heterocycles. The van der Waals surface area contributed by atoms with E-state index in [2.05, 4.69) is 10.5 Å². The summed E-state index contributed by atoms with van der Waals surface area (Å²) >= 11 is 0. The number of carbonyl (C=O) groups is 3. The second-order valence-electron chi connectivity index (χ2n) is 7.85. The number of amides is 3. The molecule has 1 aromatic rings. The van der Waals surface area contributed by atoms with E-state index < -0.39 is 0 Å². The van der Waals surface area contributed by atoms with Crippen LogP contribution in [-0.2, 0) is 16.0 Å². The number of likely N-dealkylation sites (N-methyl/N-ethyl adjacent to an activating group) is 1.